The van der Waals surface area contributed by atoms with Gasteiger partial charge in [0.05, 0.1) is 22.1 Å². The van der Waals surface area contributed by atoms with Crippen molar-refractivity contribution in [3.05, 3.63) is 175 Å². The van der Waals surface area contributed by atoms with E-state index in [2.05, 4.69) is 188 Å². The lowest BCUT2D eigenvalue weighted by Gasteiger charge is -2.34. The third-order valence-corrected chi connectivity index (χ3v) is 13.8. The molecule has 0 saturated carbocycles. The molecule has 3 aromatic heterocycles. The summed E-state index contributed by atoms with van der Waals surface area (Å²) in [6, 6.07) is 54.3. The predicted molar refractivity (Wildman–Crippen MR) is 253 cm³/mol. The SMILES string of the molecule is C/C=C\C(=C/C)c1ccc2c(c1)Oc1cc(-n3c4ccccc4c4c5oc6ccccc6c5c5sc6ccccc6c5c43)cc3c1B2c1ccc(-c2ccccc2)cc1O3. The van der Waals surface area contributed by atoms with E-state index >= 15 is 0 Å². The number of rotatable bonds is 4. The molecule has 0 unspecified atom stereocenters. The summed E-state index contributed by atoms with van der Waals surface area (Å²) in [5.74, 6) is 3.30. The Morgan fingerprint density at radius 3 is 2.10 bits per heavy atom. The highest BCUT2D eigenvalue weighted by Gasteiger charge is 2.41. The molecule has 2 aliphatic rings. The number of aromatic nitrogens is 1. The minimum Gasteiger partial charge on any atom is -0.458 e. The van der Waals surface area contributed by atoms with Crippen LogP contribution in [0.1, 0.15) is 19.4 Å². The highest BCUT2D eigenvalue weighted by molar-refractivity contribution is 7.27. The molecule has 4 nitrogen and oxygen atoms in total. The van der Waals surface area contributed by atoms with Crippen molar-refractivity contribution in [1.82, 2.24) is 4.57 Å². The molecule has 2 aliphatic heterocycles. The molecule has 5 heterocycles. The fourth-order valence-electron chi connectivity index (χ4n) is 10.0. The van der Waals surface area contributed by atoms with Gasteiger partial charge in [-0.1, -0.05) is 127 Å². The molecule has 8 aromatic carbocycles. The molecule has 0 fully saturated rings. The van der Waals surface area contributed by atoms with Crippen LogP contribution in [0, 0.1) is 0 Å². The maximum absolute atomic E-state index is 7.10. The fraction of sp³-hybridized carbons (Fsp3) is 0.0370. The van der Waals surface area contributed by atoms with E-state index in [1.165, 1.54) is 25.6 Å². The average molecular weight is 788 g/mol. The Morgan fingerprint density at radius 1 is 0.600 bits per heavy atom. The van der Waals surface area contributed by atoms with Crippen LogP contribution >= 0.6 is 11.3 Å². The number of para-hydroxylation sites is 2. The summed E-state index contributed by atoms with van der Waals surface area (Å²) in [5, 5.41) is 7.00. The second-order valence-corrected chi connectivity index (χ2v) is 16.8. The third kappa shape index (κ3) is 4.62. The number of benzene rings is 8. The van der Waals surface area contributed by atoms with Gasteiger partial charge in [-0.05, 0) is 77.4 Å². The van der Waals surface area contributed by atoms with Gasteiger partial charge in [-0.25, -0.2) is 0 Å². The summed E-state index contributed by atoms with van der Waals surface area (Å²) >= 11 is 1.84. The molecule has 0 bridgehead atoms. The number of nitrogens with zero attached hydrogens (tertiary/aromatic N) is 1. The lowest BCUT2D eigenvalue weighted by molar-refractivity contribution is 0.464. The van der Waals surface area contributed by atoms with Crippen molar-refractivity contribution in [3.63, 3.8) is 0 Å². The van der Waals surface area contributed by atoms with Crippen molar-refractivity contribution < 1.29 is 13.9 Å². The number of fused-ring (bicyclic) bond motifs is 16. The minimum absolute atomic E-state index is 0.0768. The van der Waals surface area contributed by atoms with Crippen LogP contribution in [0.25, 0.3) is 86.3 Å². The maximum atomic E-state index is 7.10. The number of furan rings is 1. The molecule has 0 radical (unpaired) electrons. The standard InChI is InChI=1S/C54H34BNO3S/c1-3-14-31(4-2)33-23-25-39-43(27-33)57-45-29-35(30-46-51(45)55(39)40-26-24-34(28-44(40)58-46)32-15-6-5-7-16-32)56-41-20-11-8-17-36(41)48-52(56)49-38-19-10-13-22-47(38)60-54(49)50-37-18-9-12-21-42(37)59-53(48)50/h3-30H,1-2H3/b14-3-,31-4+. The molecule has 60 heavy (non-hydrogen) atoms. The normalized spacial score (nSPS) is 13.4. The summed E-state index contributed by atoms with van der Waals surface area (Å²) < 4.78 is 26.0. The van der Waals surface area contributed by atoms with Crippen LogP contribution in [-0.4, -0.2) is 11.3 Å². The highest BCUT2D eigenvalue weighted by Crippen LogP contribution is 2.51. The molecule has 0 atom stereocenters. The molecule has 13 rings (SSSR count). The van der Waals surface area contributed by atoms with Crippen molar-refractivity contribution >= 4 is 104 Å². The van der Waals surface area contributed by atoms with E-state index in [4.69, 9.17) is 13.9 Å². The second-order valence-electron chi connectivity index (χ2n) is 15.8. The number of ether oxygens (including phenoxy) is 2. The number of allylic oxidation sites excluding steroid dienone is 4. The Balaban J connectivity index is 1.13. The van der Waals surface area contributed by atoms with E-state index in [9.17, 15) is 0 Å². The lowest BCUT2D eigenvalue weighted by Crippen LogP contribution is -2.57. The number of hydrogen-bond acceptors (Lipinski definition) is 4. The predicted octanol–water partition coefficient (Wildman–Crippen LogP) is 13.4. The van der Waals surface area contributed by atoms with Crippen LogP contribution in [0.2, 0.25) is 0 Å². The molecular weight excluding hydrogens is 753 g/mol. The summed E-state index contributed by atoms with van der Waals surface area (Å²) in [5.41, 5.74) is 12.8. The van der Waals surface area contributed by atoms with E-state index in [-0.39, 0.29) is 6.71 Å². The topological polar surface area (TPSA) is 36.5 Å². The molecule has 0 spiro atoms. The van der Waals surface area contributed by atoms with Crippen LogP contribution in [0.15, 0.2) is 174 Å². The first-order valence-electron chi connectivity index (χ1n) is 20.5. The summed E-state index contributed by atoms with van der Waals surface area (Å²) in [4.78, 5) is 0. The third-order valence-electron chi connectivity index (χ3n) is 12.6. The van der Waals surface area contributed by atoms with E-state index < -0.39 is 0 Å². The molecule has 11 aromatic rings. The van der Waals surface area contributed by atoms with Gasteiger partial charge in [-0.15, -0.1) is 11.3 Å². The Labute approximate surface area is 349 Å². The first-order valence-corrected chi connectivity index (χ1v) is 21.3. The number of thiophene rings is 1. The largest absolute Gasteiger partial charge is 0.458 e. The molecule has 0 saturated heterocycles. The van der Waals surface area contributed by atoms with Crippen LogP contribution in [0.4, 0.5) is 0 Å². The summed E-state index contributed by atoms with van der Waals surface area (Å²) in [6.07, 6.45) is 6.39. The van der Waals surface area contributed by atoms with Crippen LogP contribution in [-0.2, 0) is 0 Å². The van der Waals surface area contributed by atoms with Gasteiger partial charge in [0.2, 0.25) is 0 Å². The Hall–Kier alpha value is -7.28. The zero-order valence-electron chi connectivity index (χ0n) is 32.8. The smallest absolute Gasteiger partial charge is 0.260 e. The Bertz CT molecular complexity index is 3670. The van der Waals surface area contributed by atoms with Crippen LogP contribution < -0.4 is 25.9 Å². The molecule has 0 amide bonds. The molecule has 0 N–H and O–H groups in total. The van der Waals surface area contributed by atoms with Crippen molar-refractivity contribution in [2.45, 2.75) is 13.8 Å². The fourth-order valence-corrected chi connectivity index (χ4v) is 11.3. The monoisotopic (exact) mass is 787 g/mol. The summed E-state index contributed by atoms with van der Waals surface area (Å²) in [7, 11) is 0. The van der Waals surface area contributed by atoms with E-state index in [0.717, 1.165) is 106 Å². The quantitative estimate of drug-likeness (QED) is 0.132. The zero-order valence-corrected chi connectivity index (χ0v) is 33.6. The van der Waals surface area contributed by atoms with Gasteiger partial charge in [-0.3, -0.25) is 0 Å². The molecule has 282 valence electrons. The zero-order chi connectivity index (χ0) is 39.6. The minimum atomic E-state index is -0.0768. The summed E-state index contributed by atoms with van der Waals surface area (Å²) in [6.45, 7) is 4.06. The Kier molecular flexibility index (Phi) is 7.08. The van der Waals surface area contributed by atoms with Crippen molar-refractivity contribution in [2.24, 2.45) is 0 Å². The van der Waals surface area contributed by atoms with Crippen LogP contribution in [0.5, 0.6) is 23.0 Å². The second kappa shape index (κ2) is 12.6. The van der Waals surface area contributed by atoms with Gasteiger partial charge in [0.1, 0.15) is 34.2 Å². The van der Waals surface area contributed by atoms with Gasteiger partial charge in [0.25, 0.3) is 6.71 Å². The maximum Gasteiger partial charge on any atom is 0.260 e. The first-order chi connectivity index (χ1) is 29.7. The van der Waals surface area contributed by atoms with Gasteiger partial charge in [0.15, 0.2) is 0 Å². The van der Waals surface area contributed by atoms with E-state index in [0.29, 0.717) is 0 Å². The van der Waals surface area contributed by atoms with Gasteiger partial charge in [0, 0.05) is 53.9 Å². The van der Waals surface area contributed by atoms with Crippen LogP contribution in [0.3, 0.4) is 0 Å². The number of hydrogen-bond donors (Lipinski definition) is 0. The average Bonchev–Trinajstić information content (AvgIpc) is 3.98. The molecule has 0 aliphatic carbocycles. The van der Waals surface area contributed by atoms with E-state index in [1.807, 2.05) is 11.3 Å². The van der Waals surface area contributed by atoms with Crippen molar-refractivity contribution in [1.29, 1.82) is 0 Å². The van der Waals surface area contributed by atoms with Gasteiger partial charge in [-0.2, -0.15) is 0 Å². The van der Waals surface area contributed by atoms with Gasteiger partial charge >= 0.3 is 0 Å². The van der Waals surface area contributed by atoms with Crippen molar-refractivity contribution in [3.8, 4) is 39.8 Å². The first kappa shape index (κ1) is 33.7. The lowest BCUT2D eigenvalue weighted by atomic mass is 9.34. The molecule has 6 heteroatoms. The van der Waals surface area contributed by atoms with Gasteiger partial charge < -0.3 is 18.5 Å². The van der Waals surface area contributed by atoms with E-state index in [1.54, 1.807) is 0 Å². The molecular formula is C54H34BNO3S. The highest BCUT2D eigenvalue weighted by atomic mass is 32.1. The Morgan fingerprint density at radius 2 is 1.30 bits per heavy atom. The van der Waals surface area contributed by atoms with Crippen molar-refractivity contribution in [2.75, 3.05) is 0 Å².